The third-order valence-corrected chi connectivity index (χ3v) is 6.33. The summed E-state index contributed by atoms with van der Waals surface area (Å²) >= 11 is 0. The SMILES string of the molecule is CCN(CC)C(=O)c1cc(NC(=O)c2ccco2)ccc1N1CCN(c2ccccc2OC)CC1. The van der Waals surface area contributed by atoms with Gasteiger partial charge in [0, 0.05) is 50.6 Å². The van der Waals surface area contributed by atoms with Gasteiger partial charge >= 0.3 is 0 Å². The van der Waals surface area contributed by atoms with E-state index >= 15 is 0 Å². The molecule has 0 atom stereocenters. The lowest BCUT2D eigenvalue weighted by Crippen LogP contribution is -2.47. The van der Waals surface area contributed by atoms with Crippen LogP contribution in [0.2, 0.25) is 0 Å². The molecule has 2 amide bonds. The number of rotatable bonds is 8. The summed E-state index contributed by atoms with van der Waals surface area (Å²) in [6.07, 6.45) is 1.46. The Balaban J connectivity index is 1.57. The van der Waals surface area contributed by atoms with Crippen molar-refractivity contribution in [3.05, 3.63) is 72.2 Å². The zero-order valence-electron chi connectivity index (χ0n) is 20.5. The first-order valence-corrected chi connectivity index (χ1v) is 12.0. The van der Waals surface area contributed by atoms with Crippen LogP contribution in [0.5, 0.6) is 5.75 Å². The van der Waals surface area contributed by atoms with Gasteiger partial charge in [0.05, 0.1) is 24.6 Å². The molecule has 1 aliphatic heterocycles. The zero-order chi connectivity index (χ0) is 24.8. The van der Waals surface area contributed by atoms with Crippen molar-refractivity contribution in [2.24, 2.45) is 0 Å². The first-order valence-electron chi connectivity index (χ1n) is 12.0. The van der Waals surface area contributed by atoms with E-state index in [1.54, 1.807) is 30.2 Å². The smallest absolute Gasteiger partial charge is 0.291 e. The van der Waals surface area contributed by atoms with Crippen molar-refractivity contribution in [2.75, 3.05) is 61.5 Å². The second-order valence-corrected chi connectivity index (χ2v) is 8.29. The van der Waals surface area contributed by atoms with Gasteiger partial charge in [-0.2, -0.15) is 0 Å². The first kappa shape index (κ1) is 24.2. The monoisotopic (exact) mass is 476 g/mol. The Morgan fingerprint density at radius 1 is 0.943 bits per heavy atom. The maximum Gasteiger partial charge on any atom is 0.291 e. The van der Waals surface area contributed by atoms with E-state index in [1.807, 2.05) is 44.2 Å². The minimum Gasteiger partial charge on any atom is -0.495 e. The molecule has 8 nitrogen and oxygen atoms in total. The van der Waals surface area contributed by atoms with E-state index in [0.717, 1.165) is 43.3 Å². The van der Waals surface area contributed by atoms with Gasteiger partial charge in [-0.3, -0.25) is 9.59 Å². The number of para-hydroxylation sites is 2. The van der Waals surface area contributed by atoms with Crippen molar-refractivity contribution in [1.29, 1.82) is 0 Å². The fraction of sp³-hybridized carbons (Fsp3) is 0.333. The molecule has 1 aliphatic rings. The molecule has 2 aromatic carbocycles. The number of hydrogen-bond acceptors (Lipinski definition) is 6. The number of nitrogens with one attached hydrogen (secondary N) is 1. The van der Waals surface area contributed by atoms with Gasteiger partial charge in [-0.1, -0.05) is 12.1 Å². The van der Waals surface area contributed by atoms with Gasteiger partial charge in [-0.05, 0) is 56.3 Å². The Morgan fingerprint density at radius 2 is 1.63 bits per heavy atom. The Kier molecular flexibility index (Phi) is 7.60. The number of nitrogens with zero attached hydrogens (tertiary/aromatic N) is 3. The number of amides is 2. The molecule has 0 unspecified atom stereocenters. The number of anilines is 3. The number of piperazine rings is 1. The highest BCUT2D eigenvalue weighted by atomic mass is 16.5. The molecule has 0 spiro atoms. The lowest BCUT2D eigenvalue weighted by Gasteiger charge is -2.38. The molecule has 0 radical (unpaired) electrons. The van der Waals surface area contributed by atoms with E-state index in [-0.39, 0.29) is 17.6 Å². The second kappa shape index (κ2) is 11.0. The Labute approximate surface area is 206 Å². The molecule has 3 aromatic rings. The quantitative estimate of drug-likeness (QED) is 0.521. The summed E-state index contributed by atoms with van der Waals surface area (Å²) in [5.74, 6) is 0.675. The van der Waals surface area contributed by atoms with Gasteiger partial charge in [0.15, 0.2) is 5.76 Å². The number of furan rings is 1. The number of benzene rings is 2. The van der Waals surface area contributed by atoms with Crippen LogP contribution in [0, 0.1) is 0 Å². The number of ether oxygens (including phenoxy) is 1. The third-order valence-electron chi connectivity index (χ3n) is 6.33. The van der Waals surface area contributed by atoms with Crippen LogP contribution in [0.15, 0.2) is 65.3 Å². The molecule has 1 N–H and O–H groups in total. The predicted octanol–water partition coefficient (Wildman–Crippen LogP) is 4.35. The van der Waals surface area contributed by atoms with Gasteiger partial charge in [0.1, 0.15) is 5.75 Å². The average Bonchev–Trinajstić information content (AvgIpc) is 3.45. The molecule has 4 rings (SSSR count). The normalized spacial score (nSPS) is 13.5. The van der Waals surface area contributed by atoms with Gasteiger partial charge in [0.2, 0.25) is 0 Å². The molecule has 184 valence electrons. The molecule has 1 aromatic heterocycles. The minimum absolute atomic E-state index is 0.0498. The summed E-state index contributed by atoms with van der Waals surface area (Å²) in [6, 6.07) is 16.8. The van der Waals surface area contributed by atoms with Crippen molar-refractivity contribution in [3.8, 4) is 5.75 Å². The molecule has 1 saturated heterocycles. The maximum atomic E-state index is 13.4. The van der Waals surface area contributed by atoms with Crippen molar-refractivity contribution >= 4 is 28.9 Å². The van der Waals surface area contributed by atoms with Crippen LogP contribution in [-0.2, 0) is 0 Å². The average molecular weight is 477 g/mol. The van der Waals surface area contributed by atoms with Crippen LogP contribution < -0.4 is 19.9 Å². The largest absolute Gasteiger partial charge is 0.495 e. The third kappa shape index (κ3) is 5.26. The van der Waals surface area contributed by atoms with Crippen LogP contribution in [0.4, 0.5) is 17.1 Å². The molecule has 8 heteroatoms. The highest BCUT2D eigenvalue weighted by Gasteiger charge is 2.25. The summed E-state index contributed by atoms with van der Waals surface area (Å²) < 4.78 is 10.7. The van der Waals surface area contributed by atoms with E-state index in [4.69, 9.17) is 9.15 Å². The van der Waals surface area contributed by atoms with Gasteiger partial charge in [-0.25, -0.2) is 0 Å². The lowest BCUT2D eigenvalue weighted by atomic mass is 10.1. The zero-order valence-corrected chi connectivity index (χ0v) is 20.5. The molecule has 0 saturated carbocycles. The topological polar surface area (TPSA) is 78.3 Å². The Bertz CT molecular complexity index is 1150. The molecule has 0 bridgehead atoms. The predicted molar refractivity (Wildman–Crippen MR) is 138 cm³/mol. The van der Waals surface area contributed by atoms with Gasteiger partial charge in [-0.15, -0.1) is 0 Å². The summed E-state index contributed by atoms with van der Waals surface area (Å²) in [7, 11) is 1.69. The van der Waals surface area contributed by atoms with Crippen LogP contribution in [0.25, 0.3) is 0 Å². The van der Waals surface area contributed by atoms with Gasteiger partial charge < -0.3 is 29.2 Å². The van der Waals surface area contributed by atoms with Crippen molar-refractivity contribution in [2.45, 2.75) is 13.8 Å². The Hall–Kier alpha value is -3.94. The van der Waals surface area contributed by atoms with E-state index < -0.39 is 0 Å². The summed E-state index contributed by atoms with van der Waals surface area (Å²) in [5.41, 5.74) is 3.08. The van der Waals surface area contributed by atoms with E-state index in [9.17, 15) is 9.59 Å². The summed E-state index contributed by atoms with van der Waals surface area (Å²) in [5, 5.41) is 2.84. The number of hydrogen-bond donors (Lipinski definition) is 1. The molecule has 1 fully saturated rings. The minimum atomic E-state index is -0.352. The highest BCUT2D eigenvalue weighted by Crippen LogP contribution is 2.31. The molecular weight excluding hydrogens is 444 g/mol. The van der Waals surface area contributed by atoms with E-state index in [1.165, 1.54) is 6.26 Å². The Morgan fingerprint density at radius 3 is 2.26 bits per heavy atom. The lowest BCUT2D eigenvalue weighted by molar-refractivity contribution is 0.0773. The maximum absolute atomic E-state index is 13.4. The summed E-state index contributed by atoms with van der Waals surface area (Å²) in [6.45, 7) is 8.28. The molecule has 35 heavy (non-hydrogen) atoms. The van der Waals surface area contributed by atoms with Crippen LogP contribution in [0.1, 0.15) is 34.8 Å². The number of carbonyl (C=O) groups is 2. The molecular formula is C27H32N4O4. The summed E-state index contributed by atoms with van der Waals surface area (Å²) in [4.78, 5) is 32.3. The highest BCUT2D eigenvalue weighted by molar-refractivity contribution is 6.05. The van der Waals surface area contributed by atoms with Crippen molar-refractivity contribution < 1.29 is 18.7 Å². The van der Waals surface area contributed by atoms with Gasteiger partial charge in [0.25, 0.3) is 11.8 Å². The first-order chi connectivity index (χ1) is 17.0. The molecule has 0 aliphatic carbocycles. The standard InChI is InChI=1S/C27H32N4O4/c1-4-29(5-2)27(33)21-19-20(28-26(32)25-11-8-18-35-25)12-13-22(21)30-14-16-31(17-15-30)23-9-6-7-10-24(23)34-3/h6-13,18-19H,4-5,14-17H2,1-3H3,(H,28,32). The fourth-order valence-corrected chi connectivity index (χ4v) is 4.42. The number of carbonyl (C=O) groups excluding carboxylic acids is 2. The van der Waals surface area contributed by atoms with Crippen molar-refractivity contribution in [3.63, 3.8) is 0 Å². The second-order valence-electron chi connectivity index (χ2n) is 8.29. The fourth-order valence-electron chi connectivity index (χ4n) is 4.42. The van der Waals surface area contributed by atoms with Crippen LogP contribution >= 0.6 is 0 Å². The molecule has 2 heterocycles. The van der Waals surface area contributed by atoms with Crippen LogP contribution in [-0.4, -0.2) is 63.1 Å². The number of methoxy groups -OCH3 is 1. The van der Waals surface area contributed by atoms with E-state index in [0.29, 0.717) is 24.3 Å². The van der Waals surface area contributed by atoms with Crippen LogP contribution in [0.3, 0.4) is 0 Å². The van der Waals surface area contributed by atoms with E-state index in [2.05, 4.69) is 21.2 Å². The van der Waals surface area contributed by atoms with Crippen molar-refractivity contribution in [1.82, 2.24) is 4.90 Å².